The maximum atomic E-state index is 5.25. The van der Waals surface area contributed by atoms with Crippen molar-refractivity contribution in [2.24, 2.45) is 16.8 Å². The summed E-state index contributed by atoms with van der Waals surface area (Å²) in [4.78, 5) is 7.78. The van der Waals surface area contributed by atoms with Crippen LogP contribution in [0.25, 0.3) is 44.2 Å². The summed E-state index contributed by atoms with van der Waals surface area (Å²) in [5, 5.41) is 10.00. The monoisotopic (exact) mass is 709 g/mol. The first kappa shape index (κ1) is 30.5. The molecule has 0 amide bonds. The van der Waals surface area contributed by atoms with E-state index in [1.807, 2.05) is 0 Å². The zero-order valence-corrected chi connectivity index (χ0v) is 30.0. The van der Waals surface area contributed by atoms with Gasteiger partial charge < -0.3 is 14.8 Å². The van der Waals surface area contributed by atoms with E-state index < -0.39 is 0 Å². The Kier molecular flexibility index (Phi) is 6.55. The third-order valence-corrected chi connectivity index (χ3v) is 12.1. The van der Waals surface area contributed by atoms with E-state index in [0.717, 1.165) is 17.1 Å². The van der Waals surface area contributed by atoms with E-state index in [4.69, 9.17) is 4.99 Å². The summed E-state index contributed by atoms with van der Waals surface area (Å²) in [6, 6.07) is 55.0. The summed E-state index contributed by atoms with van der Waals surface area (Å²) in [6.45, 7) is 0. The number of para-hydroxylation sites is 2. The van der Waals surface area contributed by atoms with Gasteiger partial charge in [0, 0.05) is 57.4 Å². The van der Waals surface area contributed by atoms with Crippen LogP contribution in [0.3, 0.4) is 0 Å². The molecular weight excluding hydrogens is 673 g/mol. The first-order valence-electron chi connectivity index (χ1n) is 19.2. The largest absolute Gasteiger partial charge is 0.349 e. The Morgan fingerprint density at radius 2 is 1.38 bits per heavy atom. The van der Waals surface area contributed by atoms with Crippen molar-refractivity contribution in [2.75, 3.05) is 4.90 Å². The molecule has 3 aliphatic heterocycles. The number of aliphatic imine (C=N–C) groups is 1. The molecule has 0 spiro atoms. The fraction of sp³-hybridized carbons (Fsp3) is 0.102. The van der Waals surface area contributed by atoms with Crippen molar-refractivity contribution in [1.29, 1.82) is 0 Å². The molecule has 5 unspecified atom stereocenters. The van der Waals surface area contributed by atoms with Gasteiger partial charge in [-0.05, 0) is 71.3 Å². The molecule has 0 bridgehead atoms. The third-order valence-electron chi connectivity index (χ3n) is 12.1. The maximum absolute atomic E-state index is 5.25. The normalized spacial score (nSPS) is 23.0. The molecule has 1 saturated carbocycles. The zero-order chi connectivity index (χ0) is 36.0. The minimum Gasteiger partial charge on any atom is -0.349 e. The van der Waals surface area contributed by atoms with Gasteiger partial charge in [0.05, 0.1) is 22.8 Å². The molecule has 6 aromatic carbocycles. The maximum Gasteiger partial charge on any atom is 0.289 e. The minimum atomic E-state index is -0.205. The Balaban J connectivity index is 0.908. The van der Waals surface area contributed by atoms with E-state index in [9.17, 15) is 0 Å². The van der Waals surface area contributed by atoms with Crippen LogP contribution in [0.5, 0.6) is 0 Å². The highest BCUT2D eigenvalue weighted by Gasteiger charge is 2.59. The predicted molar refractivity (Wildman–Crippen MR) is 223 cm³/mol. The van der Waals surface area contributed by atoms with Gasteiger partial charge in [0.15, 0.2) is 12.0 Å². The molecule has 6 heteroatoms. The summed E-state index contributed by atoms with van der Waals surface area (Å²) in [5.74, 6) is 2.04. The van der Waals surface area contributed by atoms with Crippen molar-refractivity contribution in [2.45, 2.75) is 18.5 Å². The minimum absolute atomic E-state index is 0.0276. The second-order valence-electron chi connectivity index (χ2n) is 15.1. The summed E-state index contributed by atoms with van der Waals surface area (Å²) in [6.07, 6.45) is 11.0. The van der Waals surface area contributed by atoms with Crippen LogP contribution in [0.15, 0.2) is 187 Å². The molecule has 12 rings (SSSR count). The van der Waals surface area contributed by atoms with Gasteiger partial charge in [0.2, 0.25) is 0 Å². The highest BCUT2D eigenvalue weighted by molar-refractivity contribution is 6.10. The Labute approximate surface area is 319 Å². The molecule has 0 saturated heterocycles. The molecule has 55 heavy (non-hydrogen) atoms. The smallest absolute Gasteiger partial charge is 0.289 e. The number of nitrogens with zero attached hydrogens (tertiary/aromatic N) is 4. The first-order chi connectivity index (χ1) is 27.3. The fourth-order valence-electron chi connectivity index (χ4n) is 9.57. The number of fused-ring (bicyclic) bond motifs is 6. The number of aromatic nitrogens is 1. The molecule has 0 radical (unpaired) electrons. The molecule has 5 aliphatic rings. The summed E-state index contributed by atoms with van der Waals surface area (Å²) in [7, 11) is 0. The van der Waals surface area contributed by atoms with Gasteiger partial charge in [-0.1, -0.05) is 115 Å². The summed E-state index contributed by atoms with van der Waals surface area (Å²) < 4.78 is 4.73. The SMILES string of the molecule is C1=CC2C3C(=C1)c1cc(-c4ccc5c(c4)c4ccccc4n5-c4ccccc4)ccc1N(C1N=CC([N+]4=C(c5ccccc5)NC4c4ccccc4)=CN1)C23. The quantitative estimate of drug-likeness (QED) is 0.169. The number of amidine groups is 1. The highest BCUT2D eigenvalue weighted by atomic mass is 15.4. The standard InChI is InChI=1S/C49H36N6/c1-4-13-31(14-5-1)47-52-48(32-15-6-2-7-16-32)54(47)36-29-50-49(51-30-36)55-44-26-24-34(28-41(44)38-20-12-21-39-45(38)46(39)55)33-23-25-43-40(27-33)37-19-10-11-22-42(37)53(43)35-17-8-3-9-18-35/h1-30,39,45-47,49H,(H,50,51)/p+1. The highest BCUT2D eigenvalue weighted by Crippen LogP contribution is 2.61. The van der Waals surface area contributed by atoms with Crippen LogP contribution in [0, 0.1) is 11.8 Å². The molecule has 262 valence electrons. The fourth-order valence-corrected chi connectivity index (χ4v) is 9.57. The number of hydrogen-bond donors (Lipinski definition) is 2. The van der Waals surface area contributed by atoms with E-state index in [-0.39, 0.29) is 12.5 Å². The molecular formula is C49H37N6+. The van der Waals surface area contributed by atoms with Gasteiger partial charge in [0.25, 0.3) is 12.0 Å². The van der Waals surface area contributed by atoms with Crippen molar-refractivity contribution < 1.29 is 4.58 Å². The van der Waals surface area contributed by atoms with E-state index in [0.29, 0.717) is 17.9 Å². The van der Waals surface area contributed by atoms with E-state index in [1.165, 1.54) is 61.0 Å². The van der Waals surface area contributed by atoms with Gasteiger partial charge >= 0.3 is 0 Å². The first-order valence-corrected chi connectivity index (χ1v) is 19.2. The van der Waals surface area contributed by atoms with Gasteiger partial charge in [0.1, 0.15) is 0 Å². The molecule has 6 nitrogen and oxygen atoms in total. The molecule has 2 N–H and O–H groups in total. The second kappa shape index (κ2) is 11.8. The Hall–Kier alpha value is -6.92. The van der Waals surface area contributed by atoms with Gasteiger partial charge in [-0.25, -0.2) is 10.3 Å². The lowest BCUT2D eigenvalue weighted by Crippen LogP contribution is -2.54. The van der Waals surface area contributed by atoms with Crippen molar-refractivity contribution in [3.8, 4) is 16.8 Å². The number of nitrogens with one attached hydrogen (secondary N) is 2. The van der Waals surface area contributed by atoms with Crippen molar-refractivity contribution in [3.05, 3.63) is 198 Å². The number of anilines is 1. The number of benzene rings is 6. The number of hydrogen-bond acceptors (Lipinski definition) is 4. The Morgan fingerprint density at radius 3 is 2.20 bits per heavy atom. The van der Waals surface area contributed by atoms with Crippen LogP contribution in [0.2, 0.25) is 0 Å². The van der Waals surface area contributed by atoms with Crippen LogP contribution in [0.4, 0.5) is 5.69 Å². The second-order valence-corrected chi connectivity index (χ2v) is 15.1. The Bertz CT molecular complexity index is 2850. The predicted octanol–water partition coefficient (Wildman–Crippen LogP) is 9.40. The van der Waals surface area contributed by atoms with Crippen LogP contribution in [-0.4, -0.2) is 33.5 Å². The third kappa shape index (κ3) is 4.61. The van der Waals surface area contributed by atoms with Crippen molar-refractivity contribution >= 4 is 45.1 Å². The van der Waals surface area contributed by atoms with E-state index in [1.54, 1.807) is 0 Å². The molecule has 7 aromatic rings. The van der Waals surface area contributed by atoms with Crippen molar-refractivity contribution in [1.82, 2.24) is 15.2 Å². The average Bonchev–Trinajstić information content (AvgIpc) is 3.87. The summed E-state index contributed by atoms with van der Waals surface area (Å²) >= 11 is 0. The lowest BCUT2D eigenvalue weighted by Gasteiger charge is -2.38. The van der Waals surface area contributed by atoms with Gasteiger partial charge in [-0.2, -0.15) is 4.58 Å². The van der Waals surface area contributed by atoms with Crippen LogP contribution < -0.4 is 15.5 Å². The van der Waals surface area contributed by atoms with E-state index >= 15 is 0 Å². The molecule has 4 heterocycles. The van der Waals surface area contributed by atoms with Gasteiger partial charge in [-0.3, -0.25) is 0 Å². The topological polar surface area (TPSA) is 47.6 Å². The molecule has 2 aliphatic carbocycles. The van der Waals surface area contributed by atoms with Gasteiger partial charge in [-0.15, -0.1) is 0 Å². The lowest BCUT2D eigenvalue weighted by atomic mass is 9.90. The zero-order valence-electron chi connectivity index (χ0n) is 30.0. The molecule has 1 aromatic heterocycles. The molecule has 5 atom stereocenters. The summed E-state index contributed by atoms with van der Waals surface area (Å²) in [5.41, 5.74) is 13.5. The lowest BCUT2D eigenvalue weighted by molar-refractivity contribution is -0.555. The van der Waals surface area contributed by atoms with E-state index in [2.05, 4.69) is 207 Å². The molecule has 1 fully saturated rings. The number of rotatable bonds is 6. The average molecular weight is 710 g/mol. The van der Waals surface area contributed by atoms with Crippen LogP contribution in [-0.2, 0) is 0 Å². The van der Waals surface area contributed by atoms with Crippen LogP contribution >= 0.6 is 0 Å². The number of allylic oxidation sites excluding steroid dienone is 3. The van der Waals surface area contributed by atoms with Crippen molar-refractivity contribution in [3.63, 3.8) is 0 Å². The van der Waals surface area contributed by atoms with Crippen LogP contribution in [0.1, 0.15) is 22.9 Å². The Morgan fingerprint density at radius 1 is 0.655 bits per heavy atom.